The fraction of sp³-hybridized carbons (Fsp3) is 0. The van der Waals surface area contributed by atoms with Gasteiger partial charge in [-0.15, -0.1) is 0 Å². The third-order valence-corrected chi connectivity index (χ3v) is 2.59. The van der Waals surface area contributed by atoms with Crippen LogP contribution in [-0.4, -0.2) is 19.9 Å². The molecule has 0 saturated carbocycles. The lowest BCUT2D eigenvalue weighted by molar-refractivity contribution is 0.628. The monoisotopic (exact) mass is 244 g/mol. The molecule has 0 aliphatic heterocycles. The molecule has 0 unspecified atom stereocenters. The molecule has 2 heterocycles. The van der Waals surface area contributed by atoms with Crippen LogP contribution >= 0.6 is 0 Å². The van der Waals surface area contributed by atoms with Crippen LogP contribution < -0.4 is 11.5 Å². The van der Waals surface area contributed by atoms with Crippen LogP contribution in [0.1, 0.15) is 0 Å². The zero-order chi connectivity index (χ0) is 12.7. The van der Waals surface area contributed by atoms with Crippen molar-refractivity contribution in [2.75, 3.05) is 11.5 Å². The largest absolute Gasteiger partial charge is 0.398 e. The quantitative estimate of drug-likeness (QED) is 0.560. The normalized spacial score (nSPS) is 10.9. The Balaban J connectivity index is 2.23. The number of nitrogens with zero attached hydrogens (tertiary/aromatic N) is 3. The molecule has 2 aromatic heterocycles. The third-order valence-electron chi connectivity index (χ3n) is 2.59. The molecule has 1 aromatic carbocycles. The molecule has 0 saturated heterocycles. The van der Waals surface area contributed by atoms with E-state index in [0.29, 0.717) is 34.1 Å². The van der Waals surface area contributed by atoms with Gasteiger partial charge in [-0.25, -0.2) is 19.3 Å². The van der Waals surface area contributed by atoms with Gasteiger partial charge in [0.05, 0.1) is 0 Å². The van der Waals surface area contributed by atoms with Gasteiger partial charge in [0.25, 0.3) is 0 Å². The molecule has 6 nitrogen and oxygen atoms in total. The Labute approximate surface area is 101 Å². The van der Waals surface area contributed by atoms with Crippen molar-refractivity contribution in [3.05, 3.63) is 30.3 Å². The summed E-state index contributed by atoms with van der Waals surface area (Å²) in [5.41, 5.74) is 13.3. The van der Waals surface area contributed by atoms with E-state index in [1.54, 1.807) is 6.07 Å². The number of H-pyrrole nitrogens is 1. The summed E-state index contributed by atoms with van der Waals surface area (Å²) < 4.78 is 13.0. The highest BCUT2D eigenvalue weighted by molar-refractivity contribution is 5.85. The molecule has 18 heavy (non-hydrogen) atoms. The van der Waals surface area contributed by atoms with Gasteiger partial charge in [0.2, 0.25) is 0 Å². The minimum absolute atomic E-state index is 0.292. The van der Waals surface area contributed by atoms with E-state index in [9.17, 15) is 4.39 Å². The third kappa shape index (κ3) is 1.53. The molecule has 0 bridgehead atoms. The molecule has 7 heteroatoms. The number of anilines is 2. The highest BCUT2D eigenvalue weighted by Crippen LogP contribution is 2.26. The highest BCUT2D eigenvalue weighted by Gasteiger charge is 2.11. The number of hydrogen-bond acceptors (Lipinski definition) is 5. The van der Waals surface area contributed by atoms with Crippen LogP contribution in [0.25, 0.3) is 22.6 Å². The molecule has 0 radical (unpaired) electrons. The molecule has 90 valence electrons. The van der Waals surface area contributed by atoms with Crippen molar-refractivity contribution in [1.29, 1.82) is 0 Å². The summed E-state index contributed by atoms with van der Waals surface area (Å²) in [4.78, 5) is 15.1. The van der Waals surface area contributed by atoms with E-state index in [1.165, 1.54) is 18.5 Å². The molecule has 0 spiro atoms. The van der Waals surface area contributed by atoms with E-state index in [0.717, 1.165) is 0 Å². The molecule has 0 atom stereocenters. The zero-order valence-corrected chi connectivity index (χ0v) is 9.18. The summed E-state index contributed by atoms with van der Waals surface area (Å²) in [6.45, 7) is 0. The number of fused-ring (bicyclic) bond motifs is 1. The van der Waals surface area contributed by atoms with Crippen molar-refractivity contribution in [2.24, 2.45) is 0 Å². The molecule has 0 amide bonds. The van der Waals surface area contributed by atoms with E-state index < -0.39 is 5.82 Å². The van der Waals surface area contributed by atoms with Gasteiger partial charge in [0.1, 0.15) is 23.5 Å². The molecule has 0 aliphatic carbocycles. The van der Waals surface area contributed by atoms with Crippen molar-refractivity contribution in [2.45, 2.75) is 0 Å². The molecule has 3 aromatic rings. The number of rotatable bonds is 1. The topological polar surface area (TPSA) is 106 Å². The van der Waals surface area contributed by atoms with Gasteiger partial charge in [0.15, 0.2) is 11.5 Å². The first-order chi connectivity index (χ1) is 8.65. The maximum absolute atomic E-state index is 13.0. The number of nitrogens with one attached hydrogen (secondary N) is 1. The first-order valence-corrected chi connectivity index (χ1v) is 5.17. The number of imidazole rings is 1. The summed E-state index contributed by atoms with van der Waals surface area (Å²) in [5.74, 6) is 0.390. The van der Waals surface area contributed by atoms with E-state index in [1.807, 2.05) is 0 Å². The summed E-state index contributed by atoms with van der Waals surface area (Å²) in [5, 5.41) is 0. The van der Waals surface area contributed by atoms with Crippen LogP contribution in [-0.2, 0) is 0 Å². The fourth-order valence-corrected chi connectivity index (χ4v) is 1.72. The number of benzene rings is 1. The number of nitrogens with two attached hydrogens (primary N) is 2. The molecule has 5 N–H and O–H groups in total. The Morgan fingerprint density at radius 2 is 2.00 bits per heavy atom. The first-order valence-electron chi connectivity index (χ1n) is 5.17. The van der Waals surface area contributed by atoms with Gasteiger partial charge >= 0.3 is 0 Å². The van der Waals surface area contributed by atoms with Crippen LogP contribution in [0.3, 0.4) is 0 Å². The van der Waals surface area contributed by atoms with Crippen LogP contribution in [0.4, 0.5) is 15.9 Å². The second-order valence-corrected chi connectivity index (χ2v) is 3.77. The number of aromatic nitrogens is 4. The lowest BCUT2D eigenvalue weighted by Gasteiger charge is -2.01. The van der Waals surface area contributed by atoms with Gasteiger partial charge in [-0.1, -0.05) is 0 Å². The van der Waals surface area contributed by atoms with E-state index in [4.69, 9.17) is 11.5 Å². The second-order valence-electron chi connectivity index (χ2n) is 3.77. The number of aromatic amines is 1. The molecule has 0 aliphatic rings. The van der Waals surface area contributed by atoms with Crippen molar-refractivity contribution >= 4 is 22.7 Å². The lowest BCUT2D eigenvalue weighted by atomic mass is 10.1. The standard InChI is InChI=1S/C11H9FN6/c12-5-1-2-6(7(13)3-5)10-17-8-9(14)15-4-16-11(8)18-10/h1-4H,13H2,(H3,14,15,16,17,18). The number of hydrogen-bond donors (Lipinski definition) is 3. The Kier molecular flexibility index (Phi) is 2.12. The molecular weight excluding hydrogens is 235 g/mol. The Bertz CT molecular complexity index is 735. The highest BCUT2D eigenvalue weighted by atomic mass is 19.1. The average Bonchev–Trinajstić information content (AvgIpc) is 2.74. The maximum Gasteiger partial charge on any atom is 0.183 e. The van der Waals surface area contributed by atoms with Gasteiger partial charge in [0, 0.05) is 11.3 Å². The fourth-order valence-electron chi connectivity index (χ4n) is 1.72. The summed E-state index contributed by atoms with van der Waals surface area (Å²) >= 11 is 0. The molecule has 3 rings (SSSR count). The Morgan fingerprint density at radius 1 is 1.17 bits per heavy atom. The maximum atomic E-state index is 13.0. The van der Waals surface area contributed by atoms with Crippen molar-refractivity contribution in [3.63, 3.8) is 0 Å². The SMILES string of the molecule is Nc1cc(F)ccc1-c1nc2ncnc(N)c2[nH]1. The Hall–Kier alpha value is -2.70. The predicted molar refractivity (Wildman–Crippen MR) is 65.9 cm³/mol. The predicted octanol–water partition coefficient (Wildman–Crippen LogP) is 1.32. The smallest absolute Gasteiger partial charge is 0.183 e. The number of nitrogen functional groups attached to an aromatic ring is 2. The van der Waals surface area contributed by atoms with Gasteiger partial charge in [-0.05, 0) is 18.2 Å². The van der Waals surface area contributed by atoms with E-state index in [-0.39, 0.29) is 0 Å². The van der Waals surface area contributed by atoms with Gasteiger partial charge in [-0.2, -0.15) is 0 Å². The van der Waals surface area contributed by atoms with Crippen LogP contribution in [0.2, 0.25) is 0 Å². The minimum atomic E-state index is -0.397. The lowest BCUT2D eigenvalue weighted by Crippen LogP contribution is -1.92. The Morgan fingerprint density at radius 3 is 2.72 bits per heavy atom. The average molecular weight is 244 g/mol. The molecule has 0 fully saturated rings. The van der Waals surface area contributed by atoms with Gasteiger partial charge in [-0.3, -0.25) is 0 Å². The van der Waals surface area contributed by atoms with Crippen molar-refractivity contribution < 1.29 is 4.39 Å². The first kappa shape index (κ1) is 10.5. The van der Waals surface area contributed by atoms with Crippen LogP contribution in [0, 0.1) is 5.82 Å². The summed E-state index contributed by atoms with van der Waals surface area (Å²) in [6.07, 6.45) is 1.33. The minimum Gasteiger partial charge on any atom is -0.398 e. The van der Waals surface area contributed by atoms with Crippen molar-refractivity contribution in [1.82, 2.24) is 19.9 Å². The van der Waals surface area contributed by atoms with Crippen molar-refractivity contribution in [3.8, 4) is 11.4 Å². The molecular formula is C11H9FN6. The summed E-state index contributed by atoms with van der Waals surface area (Å²) in [7, 11) is 0. The van der Waals surface area contributed by atoms with Gasteiger partial charge < -0.3 is 16.5 Å². The van der Waals surface area contributed by atoms with Crippen LogP contribution in [0.15, 0.2) is 24.5 Å². The summed E-state index contributed by atoms with van der Waals surface area (Å²) in [6, 6.07) is 4.09. The van der Waals surface area contributed by atoms with E-state index >= 15 is 0 Å². The van der Waals surface area contributed by atoms with Crippen LogP contribution in [0.5, 0.6) is 0 Å². The second kappa shape index (κ2) is 3.66. The zero-order valence-electron chi connectivity index (χ0n) is 9.18. The number of halogens is 1. The van der Waals surface area contributed by atoms with E-state index in [2.05, 4.69) is 19.9 Å².